The van der Waals surface area contributed by atoms with Gasteiger partial charge in [0.25, 0.3) is 11.8 Å². The Morgan fingerprint density at radius 3 is 2.73 bits per heavy atom. The van der Waals surface area contributed by atoms with E-state index in [9.17, 15) is 9.59 Å². The first kappa shape index (κ1) is 16.5. The van der Waals surface area contributed by atoms with E-state index in [2.05, 4.69) is 10.5 Å². The van der Waals surface area contributed by atoms with Crippen molar-refractivity contribution in [2.45, 2.75) is 45.8 Å². The predicted octanol–water partition coefficient (Wildman–Crippen LogP) is 1.13. The third-order valence-electron chi connectivity index (χ3n) is 3.77. The molecule has 0 aromatic carbocycles. The normalized spacial score (nSPS) is 17.3. The summed E-state index contributed by atoms with van der Waals surface area (Å²) in [5.74, 6) is 0.388. The van der Waals surface area contributed by atoms with Crippen LogP contribution >= 0.6 is 0 Å². The summed E-state index contributed by atoms with van der Waals surface area (Å²) in [5.41, 5.74) is 0.293. The number of carbonyl (C=O) groups is 2. The van der Waals surface area contributed by atoms with Crippen molar-refractivity contribution in [3.05, 3.63) is 17.5 Å². The molecule has 7 heteroatoms. The largest absolute Gasteiger partial charge is 0.369 e. The summed E-state index contributed by atoms with van der Waals surface area (Å²) in [6, 6.07) is 1.66. The lowest BCUT2D eigenvalue weighted by atomic mass is 10.0. The molecular formula is C15H23N3O4. The highest BCUT2D eigenvalue weighted by Gasteiger charge is 2.27. The second kappa shape index (κ2) is 7.40. The highest BCUT2D eigenvalue weighted by molar-refractivity contribution is 5.92. The van der Waals surface area contributed by atoms with Crippen LogP contribution in [0.25, 0.3) is 0 Å². The Balaban J connectivity index is 1.80. The fraction of sp³-hybridized carbons (Fsp3) is 0.667. The molecule has 1 aromatic heterocycles. The van der Waals surface area contributed by atoms with Gasteiger partial charge in [-0.3, -0.25) is 9.59 Å². The van der Waals surface area contributed by atoms with Crippen molar-refractivity contribution >= 4 is 11.8 Å². The van der Waals surface area contributed by atoms with Crippen LogP contribution in [0.15, 0.2) is 10.6 Å². The summed E-state index contributed by atoms with van der Waals surface area (Å²) in [4.78, 5) is 25.9. The molecule has 1 aliphatic rings. The van der Waals surface area contributed by atoms with E-state index in [1.807, 2.05) is 6.92 Å². The number of amides is 2. The van der Waals surface area contributed by atoms with E-state index in [1.54, 1.807) is 24.8 Å². The molecule has 2 heterocycles. The third kappa shape index (κ3) is 4.07. The third-order valence-corrected chi connectivity index (χ3v) is 3.77. The fourth-order valence-electron chi connectivity index (χ4n) is 2.56. The average molecular weight is 309 g/mol. The molecule has 0 bridgehead atoms. The molecule has 1 aliphatic heterocycles. The second-order valence-corrected chi connectivity index (χ2v) is 5.49. The molecule has 1 N–H and O–H groups in total. The van der Waals surface area contributed by atoms with Crippen LogP contribution < -0.4 is 5.32 Å². The summed E-state index contributed by atoms with van der Waals surface area (Å²) < 4.78 is 10.2. The van der Waals surface area contributed by atoms with Gasteiger partial charge in [0.2, 0.25) is 0 Å². The fourth-order valence-corrected chi connectivity index (χ4v) is 2.56. The Labute approximate surface area is 130 Å². The molecule has 2 rings (SSSR count). The Hall–Kier alpha value is -1.89. The van der Waals surface area contributed by atoms with Crippen LogP contribution in [-0.4, -0.2) is 53.7 Å². The molecule has 122 valence electrons. The van der Waals surface area contributed by atoms with Gasteiger partial charge in [0.05, 0.1) is 0 Å². The summed E-state index contributed by atoms with van der Waals surface area (Å²) in [7, 11) is 0. The number of likely N-dealkylation sites (tertiary alicyclic amines) is 1. The van der Waals surface area contributed by atoms with Crippen molar-refractivity contribution in [1.29, 1.82) is 0 Å². The lowest BCUT2D eigenvalue weighted by Crippen LogP contribution is -2.49. The minimum absolute atomic E-state index is 0.0127. The highest BCUT2D eigenvalue weighted by atomic mass is 16.5. The van der Waals surface area contributed by atoms with Crippen LogP contribution in [0.1, 0.15) is 42.9 Å². The number of nitrogens with one attached hydrogen (secondary N) is 1. The number of piperidine rings is 1. The van der Waals surface area contributed by atoms with Crippen LogP contribution in [-0.2, 0) is 9.53 Å². The second-order valence-electron chi connectivity index (χ2n) is 5.49. The molecule has 1 saturated heterocycles. The van der Waals surface area contributed by atoms with Crippen molar-refractivity contribution in [1.82, 2.24) is 15.4 Å². The Bertz CT molecular complexity index is 521. The average Bonchev–Trinajstić information content (AvgIpc) is 2.94. The van der Waals surface area contributed by atoms with Crippen molar-refractivity contribution in [2.24, 2.45) is 0 Å². The van der Waals surface area contributed by atoms with E-state index in [-0.39, 0.29) is 17.9 Å². The molecule has 1 atom stereocenters. The maximum atomic E-state index is 12.1. The molecule has 7 nitrogen and oxygen atoms in total. The summed E-state index contributed by atoms with van der Waals surface area (Å²) in [5, 5.41) is 6.63. The number of ether oxygens (including phenoxy) is 1. The van der Waals surface area contributed by atoms with E-state index in [0.717, 1.165) is 12.8 Å². The van der Waals surface area contributed by atoms with Crippen LogP contribution in [0.2, 0.25) is 0 Å². The van der Waals surface area contributed by atoms with Crippen molar-refractivity contribution in [3.8, 4) is 0 Å². The van der Waals surface area contributed by atoms with Crippen LogP contribution in [0.5, 0.6) is 0 Å². The van der Waals surface area contributed by atoms with Gasteiger partial charge in [-0.05, 0) is 33.6 Å². The van der Waals surface area contributed by atoms with Gasteiger partial charge in [0, 0.05) is 31.8 Å². The van der Waals surface area contributed by atoms with Crippen molar-refractivity contribution in [2.75, 3.05) is 19.7 Å². The summed E-state index contributed by atoms with van der Waals surface area (Å²) in [6.45, 7) is 7.16. The Morgan fingerprint density at radius 1 is 1.50 bits per heavy atom. The van der Waals surface area contributed by atoms with Gasteiger partial charge < -0.3 is 19.5 Å². The molecule has 2 amide bonds. The Kier molecular flexibility index (Phi) is 5.54. The van der Waals surface area contributed by atoms with Gasteiger partial charge in [0.15, 0.2) is 5.69 Å². The zero-order valence-corrected chi connectivity index (χ0v) is 13.3. The Morgan fingerprint density at radius 2 is 2.18 bits per heavy atom. The van der Waals surface area contributed by atoms with Crippen LogP contribution in [0, 0.1) is 6.92 Å². The van der Waals surface area contributed by atoms with Gasteiger partial charge >= 0.3 is 0 Å². The standard InChI is InChI=1S/C15H23N3O4/c1-4-21-11(3)15(20)18-7-5-12(6-8-18)16-14(19)13-9-10(2)22-17-13/h9,11-12H,4-8H2,1-3H3,(H,16,19)/t11-/m0/s1. The zero-order valence-electron chi connectivity index (χ0n) is 13.3. The first-order valence-corrected chi connectivity index (χ1v) is 7.65. The lowest BCUT2D eigenvalue weighted by Gasteiger charge is -2.33. The van der Waals surface area contributed by atoms with Crippen molar-refractivity contribution in [3.63, 3.8) is 0 Å². The number of carbonyl (C=O) groups excluding carboxylic acids is 2. The van der Waals surface area contributed by atoms with E-state index in [4.69, 9.17) is 9.26 Å². The van der Waals surface area contributed by atoms with E-state index >= 15 is 0 Å². The number of aryl methyl sites for hydroxylation is 1. The molecule has 0 radical (unpaired) electrons. The number of aromatic nitrogens is 1. The SMILES string of the molecule is CCO[C@@H](C)C(=O)N1CCC(NC(=O)c2cc(C)on2)CC1. The molecular weight excluding hydrogens is 286 g/mol. The van der Waals surface area contributed by atoms with Gasteiger partial charge in [-0.25, -0.2) is 0 Å². The topological polar surface area (TPSA) is 84.7 Å². The van der Waals surface area contributed by atoms with Crippen LogP contribution in [0.4, 0.5) is 0 Å². The number of nitrogens with zero attached hydrogens (tertiary/aromatic N) is 2. The van der Waals surface area contributed by atoms with Gasteiger partial charge in [0.1, 0.15) is 11.9 Å². The molecule has 0 spiro atoms. The smallest absolute Gasteiger partial charge is 0.273 e. The number of hydrogen-bond donors (Lipinski definition) is 1. The summed E-state index contributed by atoms with van der Waals surface area (Å²) >= 11 is 0. The number of hydrogen-bond acceptors (Lipinski definition) is 5. The predicted molar refractivity (Wildman–Crippen MR) is 79.4 cm³/mol. The molecule has 0 unspecified atom stereocenters. The first-order chi connectivity index (χ1) is 10.5. The zero-order chi connectivity index (χ0) is 16.1. The van der Waals surface area contributed by atoms with Crippen molar-refractivity contribution < 1.29 is 18.8 Å². The molecule has 1 fully saturated rings. The monoisotopic (exact) mass is 309 g/mol. The molecule has 22 heavy (non-hydrogen) atoms. The molecule has 0 aliphatic carbocycles. The van der Waals surface area contributed by atoms with Gasteiger partial charge in [-0.1, -0.05) is 5.16 Å². The minimum atomic E-state index is -0.408. The van der Waals surface area contributed by atoms with E-state index < -0.39 is 6.10 Å². The maximum Gasteiger partial charge on any atom is 0.273 e. The number of rotatable bonds is 5. The van der Waals surface area contributed by atoms with E-state index in [1.165, 1.54) is 0 Å². The maximum absolute atomic E-state index is 12.1. The van der Waals surface area contributed by atoms with Gasteiger partial charge in [-0.15, -0.1) is 0 Å². The van der Waals surface area contributed by atoms with Gasteiger partial charge in [-0.2, -0.15) is 0 Å². The molecule has 1 aromatic rings. The summed E-state index contributed by atoms with van der Waals surface area (Å²) in [6.07, 6.45) is 1.05. The quantitative estimate of drug-likeness (QED) is 0.881. The van der Waals surface area contributed by atoms with Crippen LogP contribution in [0.3, 0.4) is 0 Å². The van der Waals surface area contributed by atoms with E-state index in [0.29, 0.717) is 31.2 Å². The first-order valence-electron chi connectivity index (χ1n) is 7.65. The molecule has 0 saturated carbocycles. The minimum Gasteiger partial charge on any atom is -0.369 e. The highest BCUT2D eigenvalue weighted by Crippen LogP contribution is 2.13. The lowest BCUT2D eigenvalue weighted by molar-refractivity contribution is -0.143.